The van der Waals surface area contributed by atoms with Crippen LogP contribution >= 0.6 is 15.9 Å². The Morgan fingerprint density at radius 1 is 1.44 bits per heavy atom. The number of aromatic nitrogens is 2. The first-order valence-corrected chi connectivity index (χ1v) is 6.32. The van der Waals surface area contributed by atoms with E-state index < -0.39 is 11.6 Å². The maximum absolute atomic E-state index is 11.1. The molecular weight excluding hydrogens is 300 g/mol. The summed E-state index contributed by atoms with van der Waals surface area (Å²) in [6.45, 7) is 6.46. The highest BCUT2D eigenvalue weighted by Crippen LogP contribution is 2.13. The lowest BCUT2D eigenvalue weighted by molar-refractivity contribution is 0.103. The van der Waals surface area contributed by atoms with Crippen LogP contribution in [0.25, 0.3) is 0 Å². The zero-order valence-corrected chi connectivity index (χ0v) is 12.2. The van der Waals surface area contributed by atoms with Gasteiger partial charge in [0.25, 0.3) is 0 Å². The molecule has 0 aliphatic carbocycles. The third-order valence-corrected chi connectivity index (χ3v) is 2.71. The number of hydrogen-bond acceptors (Lipinski definition) is 4. The quantitative estimate of drug-likeness (QED) is 0.892. The number of rotatable bonds is 4. The zero-order chi connectivity index (χ0) is 13.8. The second kappa shape index (κ2) is 5.99. The molecule has 2 N–H and O–H groups in total. The summed E-state index contributed by atoms with van der Waals surface area (Å²) < 4.78 is 0.662. The Kier molecular flexibility index (Phi) is 4.89. The number of nitrogens with zero attached hydrogens (tertiary/aromatic N) is 3. The molecule has 0 aromatic carbocycles. The fraction of sp³-hybridized carbons (Fsp3) is 0.545. The van der Waals surface area contributed by atoms with Crippen LogP contribution < -0.4 is 5.32 Å². The van der Waals surface area contributed by atoms with E-state index in [9.17, 15) is 4.79 Å². The van der Waals surface area contributed by atoms with E-state index in [0.29, 0.717) is 23.5 Å². The fourth-order valence-corrected chi connectivity index (χ4v) is 1.62. The molecule has 7 heteroatoms. The Bertz CT molecular complexity index is 402. The van der Waals surface area contributed by atoms with Crippen molar-refractivity contribution in [2.75, 3.05) is 18.4 Å². The Morgan fingerprint density at radius 2 is 2.11 bits per heavy atom. The van der Waals surface area contributed by atoms with Crippen molar-refractivity contribution in [1.82, 2.24) is 14.9 Å². The van der Waals surface area contributed by atoms with Gasteiger partial charge < -0.3 is 15.3 Å². The number of anilines is 1. The van der Waals surface area contributed by atoms with Crippen molar-refractivity contribution in [3.63, 3.8) is 0 Å². The van der Waals surface area contributed by atoms with Gasteiger partial charge in [0.2, 0.25) is 0 Å². The lowest BCUT2D eigenvalue weighted by atomic mass is 10.1. The number of carbonyl (C=O) groups is 1. The Labute approximate surface area is 115 Å². The predicted octanol–water partition coefficient (Wildman–Crippen LogP) is 2.43. The molecule has 1 rings (SSSR count). The molecule has 100 valence electrons. The topological polar surface area (TPSA) is 78.3 Å². The van der Waals surface area contributed by atoms with Gasteiger partial charge in [0.15, 0.2) is 0 Å². The summed E-state index contributed by atoms with van der Waals surface area (Å²) in [7, 11) is 0. The average molecular weight is 317 g/mol. The van der Waals surface area contributed by atoms with Gasteiger partial charge in [-0.05, 0) is 36.7 Å². The van der Waals surface area contributed by atoms with Crippen LogP contribution in [0, 0.1) is 0 Å². The molecule has 0 saturated carbocycles. The molecule has 18 heavy (non-hydrogen) atoms. The van der Waals surface area contributed by atoms with Crippen molar-refractivity contribution in [3.05, 3.63) is 17.0 Å². The highest BCUT2D eigenvalue weighted by Gasteiger charge is 2.25. The minimum atomic E-state index is -0.925. The van der Waals surface area contributed by atoms with Crippen LogP contribution in [0.2, 0.25) is 0 Å². The fourth-order valence-electron chi connectivity index (χ4n) is 1.42. The highest BCUT2D eigenvalue weighted by atomic mass is 79.9. The van der Waals surface area contributed by atoms with Gasteiger partial charge in [0.05, 0.1) is 12.4 Å². The van der Waals surface area contributed by atoms with Crippen molar-refractivity contribution < 1.29 is 9.90 Å². The number of hydrogen-bond donors (Lipinski definition) is 2. The van der Waals surface area contributed by atoms with Gasteiger partial charge in [0.1, 0.15) is 10.4 Å². The van der Waals surface area contributed by atoms with E-state index in [1.165, 1.54) is 4.90 Å². The normalized spacial score (nSPS) is 11.1. The summed E-state index contributed by atoms with van der Waals surface area (Å²) in [5.74, 6) is 0.623. The molecule has 0 aliphatic rings. The van der Waals surface area contributed by atoms with Gasteiger partial charge >= 0.3 is 6.09 Å². The molecule has 0 fully saturated rings. The van der Waals surface area contributed by atoms with Gasteiger partial charge in [-0.1, -0.05) is 0 Å². The molecule has 1 aromatic heterocycles. The predicted molar refractivity (Wildman–Crippen MR) is 72.7 cm³/mol. The van der Waals surface area contributed by atoms with Gasteiger partial charge in [-0.25, -0.2) is 14.8 Å². The van der Waals surface area contributed by atoms with E-state index in [2.05, 4.69) is 31.2 Å². The summed E-state index contributed by atoms with van der Waals surface area (Å²) in [6, 6.07) is 0. The molecule has 0 aliphatic heterocycles. The zero-order valence-electron chi connectivity index (χ0n) is 10.6. The van der Waals surface area contributed by atoms with Gasteiger partial charge in [-0.15, -0.1) is 0 Å². The lowest BCUT2D eigenvalue weighted by Gasteiger charge is -2.33. The highest BCUT2D eigenvalue weighted by molar-refractivity contribution is 9.10. The second-order valence-electron chi connectivity index (χ2n) is 4.76. The van der Waals surface area contributed by atoms with Gasteiger partial charge in [-0.3, -0.25) is 0 Å². The minimum absolute atomic E-state index is 0.385. The van der Waals surface area contributed by atoms with E-state index in [4.69, 9.17) is 5.11 Å². The van der Waals surface area contributed by atoms with Crippen molar-refractivity contribution in [3.8, 4) is 0 Å². The summed E-state index contributed by atoms with van der Waals surface area (Å²) in [5, 5.41) is 12.1. The van der Waals surface area contributed by atoms with E-state index in [1.807, 2.05) is 20.8 Å². The molecule has 0 saturated heterocycles. The first-order valence-electron chi connectivity index (χ1n) is 5.52. The number of nitrogens with one attached hydrogen (secondary N) is 1. The van der Waals surface area contributed by atoms with E-state index in [0.717, 1.165) is 0 Å². The molecule has 6 nitrogen and oxygen atoms in total. The van der Waals surface area contributed by atoms with Crippen molar-refractivity contribution in [1.29, 1.82) is 0 Å². The van der Waals surface area contributed by atoms with Crippen LogP contribution in [-0.2, 0) is 0 Å². The SMILES string of the molecule is CC(C)(C)N(CCNc1cnc(Br)cn1)C(=O)O. The number of halogens is 1. The largest absolute Gasteiger partial charge is 0.465 e. The van der Waals surface area contributed by atoms with Crippen molar-refractivity contribution in [2.24, 2.45) is 0 Å². The monoisotopic (exact) mass is 316 g/mol. The van der Waals surface area contributed by atoms with Crippen LogP contribution in [0.1, 0.15) is 20.8 Å². The summed E-state index contributed by atoms with van der Waals surface area (Å²) in [5.41, 5.74) is -0.418. The summed E-state index contributed by atoms with van der Waals surface area (Å²) in [6.07, 6.45) is 2.25. The van der Waals surface area contributed by atoms with Crippen LogP contribution in [-0.4, -0.2) is 44.7 Å². The molecule has 1 aromatic rings. The molecule has 1 amide bonds. The van der Waals surface area contributed by atoms with Crippen LogP contribution in [0.5, 0.6) is 0 Å². The van der Waals surface area contributed by atoms with Crippen LogP contribution in [0.15, 0.2) is 17.0 Å². The third-order valence-electron chi connectivity index (χ3n) is 2.30. The first-order chi connectivity index (χ1) is 8.30. The Hall–Kier alpha value is -1.37. The van der Waals surface area contributed by atoms with Crippen LogP contribution in [0.3, 0.4) is 0 Å². The first kappa shape index (κ1) is 14.7. The maximum Gasteiger partial charge on any atom is 0.407 e. The Morgan fingerprint density at radius 3 is 2.56 bits per heavy atom. The van der Waals surface area contributed by atoms with E-state index in [-0.39, 0.29) is 0 Å². The average Bonchev–Trinajstić information content (AvgIpc) is 2.24. The lowest BCUT2D eigenvalue weighted by Crippen LogP contribution is -2.47. The summed E-state index contributed by atoms with van der Waals surface area (Å²) in [4.78, 5) is 20.6. The number of amides is 1. The summed E-state index contributed by atoms with van der Waals surface area (Å²) >= 11 is 3.19. The third kappa shape index (κ3) is 4.48. The van der Waals surface area contributed by atoms with Crippen LogP contribution in [0.4, 0.5) is 10.6 Å². The maximum atomic E-state index is 11.1. The molecule has 0 spiro atoms. The Balaban J connectivity index is 2.49. The van der Waals surface area contributed by atoms with Gasteiger partial charge in [-0.2, -0.15) is 0 Å². The van der Waals surface area contributed by atoms with Crippen molar-refractivity contribution >= 4 is 27.8 Å². The molecule has 0 radical (unpaired) electrons. The van der Waals surface area contributed by atoms with Crippen molar-refractivity contribution in [2.45, 2.75) is 26.3 Å². The minimum Gasteiger partial charge on any atom is -0.465 e. The van der Waals surface area contributed by atoms with Gasteiger partial charge in [0, 0.05) is 18.6 Å². The second-order valence-corrected chi connectivity index (χ2v) is 5.57. The van der Waals surface area contributed by atoms with E-state index >= 15 is 0 Å². The molecule has 0 atom stereocenters. The molecule has 1 heterocycles. The smallest absolute Gasteiger partial charge is 0.407 e. The molecule has 0 unspecified atom stereocenters. The number of carboxylic acid groups (broad SMARTS) is 1. The van der Waals surface area contributed by atoms with E-state index in [1.54, 1.807) is 12.4 Å². The standard InChI is InChI=1S/C11H17BrN4O2/c1-11(2,3)16(10(17)18)5-4-13-9-7-14-8(12)6-15-9/h6-7H,4-5H2,1-3H3,(H,13,15)(H,17,18). The molecule has 0 bridgehead atoms. The molecular formula is C11H17BrN4O2.